The SMILES string of the molecule is COc1ccc(CN(C)C(=O)CN2CCN(c3cccc(C(F)(F)F)c3)CC2)cc1F. The molecule has 0 bridgehead atoms. The summed E-state index contributed by atoms with van der Waals surface area (Å²) in [6.45, 7) is 2.65. The van der Waals surface area contributed by atoms with Crippen molar-refractivity contribution in [3.63, 3.8) is 0 Å². The zero-order valence-corrected chi connectivity index (χ0v) is 17.5. The van der Waals surface area contributed by atoms with Gasteiger partial charge in [0.25, 0.3) is 0 Å². The molecule has 0 aromatic heterocycles. The quantitative estimate of drug-likeness (QED) is 0.644. The van der Waals surface area contributed by atoms with Gasteiger partial charge in [-0.15, -0.1) is 0 Å². The molecule has 168 valence electrons. The average Bonchev–Trinajstić information content (AvgIpc) is 2.74. The van der Waals surface area contributed by atoms with Gasteiger partial charge >= 0.3 is 6.18 Å². The Bertz CT molecular complexity index is 912. The number of halogens is 4. The summed E-state index contributed by atoms with van der Waals surface area (Å²) >= 11 is 0. The van der Waals surface area contributed by atoms with Crippen LogP contribution in [0, 0.1) is 5.82 Å². The number of piperazine rings is 1. The van der Waals surface area contributed by atoms with Gasteiger partial charge in [0.2, 0.25) is 5.91 Å². The molecule has 0 spiro atoms. The van der Waals surface area contributed by atoms with Gasteiger partial charge in [0.1, 0.15) is 0 Å². The van der Waals surface area contributed by atoms with Crippen LogP contribution in [0.25, 0.3) is 0 Å². The van der Waals surface area contributed by atoms with Gasteiger partial charge in [0.05, 0.1) is 19.2 Å². The molecule has 3 rings (SSSR count). The highest BCUT2D eigenvalue weighted by atomic mass is 19.4. The molecular formula is C22H25F4N3O2. The Morgan fingerprint density at radius 3 is 2.42 bits per heavy atom. The maximum Gasteiger partial charge on any atom is 0.416 e. The van der Waals surface area contributed by atoms with Crippen LogP contribution >= 0.6 is 0 Å². The van der Waals surface area contributed by atoms with Crippen LogP contribution in [-0.4, -0.2) is 62.6 Å². The van der Waals surface area contributed by atoms with E-state index in [1.807, 2.05) is 9.80 Å². The Labute approximate surface area is 178 Å². The first-order chi connectivity index (χ1) is 14.7. The number of benzene rings is 2. The van der Waals surface area contributed by atoms with E-state index in [1.165, 1.54) is 30.2 Å². The summed E-state index contributed by atoms with van der Waals surface area (Å²) < 4.78 is 57.5. The zero-order chi connectivity index (χ0) is 22.6. The fourth-order valence-corrected chi connectivity index (χ4v) is 3.53. The second-order valence-corrected chi connectivity index (χ2v) is 7.53. The van der Waals surface area contributed by atoms with Crippen LogP contribution in [0.3, 0.4) is 0 Å². The lowest BCUT2D eigenvalue weighted by molar-refractivity contribution is -0.137. The van der Waals surface area contributed by atoms with Crippen LogP contribution in [0.5, 0.6) is 5.75 Å². The lowest BCUT2D eigenvalue weighted by Crippen LogP contribution is -2.49. The summed E-state index contributed by atoms with van der Waals surface area (Å²) in [5.41, 5.74) is 0.516. The summed E-state index contributed by atoms with van der Waals surface area (Å²) in [5, 5.41) is 0. The molecule has 1 aliphatic heterocycles. The number of rotatable bonds is 6. The fourth-order valence-electron chi connectivity index (χ4n) is 3.53. The molecule has 0 atom stereocenters. The molecule has 9 heteroatoms. The van der Waals surface area contributed by atoms with E-state index >= 15 is 0 Å². The number of hydrogen-bond donors (Lipinski definition) is 0. The van der Waals surface area contributed by atoms with Crippen LogP contribution in [0.1, 0.15) is 11.1 Å². The molecule has 0 N–H and O–H groups in total. The first-order valence-electron chi connectivity index (χ1n) is 9.88. The van der Waals surface area contributed by atoms with Crippen molar-refractivity contribution < 1.29 is 27.1 Å². The number of nitrogens with zero attached hydrogens (tertiary/aromatic N) is 3. The third kappa shape index (κ3) is 5.88. The van der Waals surface area contributed by atoms with Gasteiger partial charge in [-0.25, -0.2) is 4.39 Å². The number of likely N-dealkylation sites (N-methyl/N-ethyl adjacent to an activating group) is 1. The molecule has 5 nitrogen and oxygen atoms in total. The number of anilines is 1. The topological polar surface area (TPSA) is 36.0 Å². The van der Waals surface area contributed by atoms with E-state index in [4.69, 9.17) is 4.74 Å². The molecule has 0 unspecified atom stereocenters. The van der Waals surface area contributed by atoms with Crippen molar-refractivity contribution in [2.45, 2.75) is 12.7 Å². The van der Waals surface area contributed by atoms with Crippen molar-refractivity contribution in [1.82, 2.24) is 9.80 Å². The number of alkyl halides is 3. The highest BCUT2D eigenvalue weighted by Gasteiger charge is 2.31. The first-order valence-corrected chi connectivity index (χ1v) is 9.88. The number of hydrogen-bond acceptors (Lipinski definition) is 4. The normalized spacial score (nSPS) is 15.1. The minimum Gasteiger partial charge on any atom is -0.494 e. The molecule has 0 saturated carbocycles. The highest BCUT2D eigenvalue weighted by molar-refractivity contribution is 5.78. The van der Waals surface area contributed by atoms with Gasteiger partial charge in [0, 0.05) is 45.5 Å². The second kappa shape index (κ2) is 9.55. The van der Waals surface area contributed by atoms with Crippen LogP contribution < -0.4 is 9.64 Å². The van der Waals surface area contributed by atoms with Gasteiger partial charge in [0.15, 0.2) is 11.6 Å². The Kier molecular flexibility index (Phi) is 7.04. The van der Waals surface area contributed by atoms with E-state index in [0.717, 1.165) is 12.1 Å². The van der Waals surface area contributed by atoms with Crippen LogP contribution in [0.2, 0.25) is 0 Å². The number of methoxy groups -OCH3 is 1. The molecule has 1 heterocycles. The number of amides is 1. The van der Waals surface area contributed by atoms with Crippen LogP contribution in [0.4, 0.5) is 23.2 Å². The van der Waals surface area contributed by atoms with Crippen LogP contribution in [0.15, 0.2) is 42.5 Å². The van der Waals surface area contributed by atoms with Gasteiger partial charge in [-0.3, -0.25) is 9.69 Å². The molecule has 1 amide bonds. The van der Waals surface area contributed by atoms with Crippen molar-refractivity contribution in [2.24, 2.45) is 0 Å². The van der Waals surface area contributed by atoms with Crippen molar-refractivity contribution >= 4 is 11.6 Å². The summed E-state index contributed by atoms with van der Waals surface area (Å²) in [5.74, 6) is -0.438. The Balaban J connectivity index is 1.51. The van der Waals surface area contributed by atoms with Crippen molar-refractivity contribution in [3.05, 3.63) is 59.4 Å². The van der Waals surface area contributed by atoms with Gasteiger partial charge < -0.3 is 14.5 Å². The Morgan fingerprint density at radius 1 is 1.10 bits per heavy atom. The predicted molar refractivity (Wildman–Crippen MR) is 110 cm³/mol. The molecule has 31 heavy (non-hydrogen) atoms. The smallest absolute Gasteiger partial charge is 0.416 e. The lowest BCUT2D eigenvalue weighted by Gasteiger charge is -2.36. The second-order valence-electron chi connectivity index (χ2n) is 7.53. The maximum absolute atomic E-state index is 13.8. The van der Waals surface area contributed by atoms with E-state index in [2.05, 4.69) is 0 Å². The molecule has 1 fully saturated rings. The molecule has 2 aromatic carbocycles. The van der Waals surface area contributed by atoms with E-state index in [-0.39, 0.29) is 24.7 Å². The molecular weight excluding hydrogens is 414 g/mol. The summed E-state index contributed by atoms with van der Waals surface area (Å²) in [7, 11) is 3.05. The number of carbonyl (C=O) groups is 1. The monoisotopic (exact) mass is 439 g/mol. The van der Waals surface area contributed by atoms with Crippen LogP contribution in [-0.2, 0) is 17.5 Å². The van der Waals surface area contributed by atoms with E-state index in [1.54, 1.807) is 19.2 Å². The largest absolute Gasteiger partial charge is 0.494 e. The maximum atomic E-state index is 13.8. The standard InChI is InChI=1S/C22H25F4N3O2/c1-27(14-16-6-7-20(31-2)19(23)12-16)21(30)15-28-8-10-29(11-9-28)18-5-3-4-17(13-18)22(24,25)26/h3-7,12-13H,8-11,14-15H2,1-2H3. The van der Waals surface area contributed by atoms with E-state index < -0.39 is 17.6 Å². The molecule has 1 saturated heterocycles. The predicted octanol–water partition coefficient (Wildman–Crippen LogP) is 3.63. The summed E-state index contributed by atoms with van der Waals surface area (Å²) in [4.78, 5) is 17.9. The highest BCUT2D eigenvalue weighted by Crippen LogP contribution is 2.31. The van der Waals surface area contributed by atoms with Gasteiger partial charge in [-0.2, -0.15) is 13.2 Å². The fraction of sp³-hybridized carbons (Fsp3) is 0.409. The third-order valence-corrected chi connectivity index (χ3v) is 5.33. The molecule has 0 aliphatic carbocycles. The minimum atomic E-state index is -4.37. The average molecular weight is 439 g/mol. The molecule has 2 aromatic rings. The first kappa shape index (κ1) is 22.9. The van der Waals surface area contributed by atoms with Crippen molar-refractivity contribution in [3.8, 4) is 5.75 Å². The van der Waals surface area contributed by atoms with Crippen molar-refractivity contribution in [2.75, 3.05) is 51.8 Å². The Hall–Kier alpha value is -2.81. The van der Waals surface area contributed by atoms with E-state index in [0.29, 0.717) is 37.4 Å². The summed E-state index contributed by atoms with van der Waals surface area (Å²) in [6.07, 6.45) is -4.37. The van der Waals surface area contributed by atoms with Gasteiger partial charge in [-0.05, 0) is 35.9 Å². The van der Waals surface area contributed by atoms with E-state index in [9.17, 15) is 22.4 Å². The molecule has 0 radical (unpaired) electrons. The summed E-state index contributed by atoms with van der Waals surface area (Å²) in [6, 6.07) is 9.86. The zero-order valence-electron chi connectivity index (χ0n) is 17.5. The number of ether oxygens (including phenoxy) is 1. The minimum absolute atomic E-state index is 0.108. The number of carbonyl (C=O) groups excluding carboxylic acids is 1. The lowest BCUT2D eigenvalue weighted by atomic mass is 10.1. The molecule has 1 aliphatic rings. The Morgan fingerprint density at radius 2 is 1.81 bits per heavy atom. The van der Waals surface area contributed by atoms with Crippen molar-refractivity contribution in [1.29, 1.82) is 0 Å². The third-order valence-electron chi connectivity index (χ3n) is 5.33. The van der Waals surface area contributed by atoms with Gasteiger partial charge in [-0.1, -0.05) is 12.1 Å².